The smallest absolute Gasteiger partial charge is 0.411 e. The number of aliphatic hydroxyl groups is 3. The maximum absolute atomic E-state index is 13.6. The van der Waals surface area contributed by atoms with Crippen molar-refractivity contribution in [2.75, 3.05) is 17.7 Å². The van der Waals surface area contributed by atoms with E-state index in [2.05, 4.69) is 5.32 Å². The van der Waals surface area contributed by atoms with Crippen molar-refractivity contribution in [3.63, 3.8) is 0 Å². The summed E-state index contributed by atoms with van der Waals surface area (Å²) in [6.07, 6.45) is -0.102. The summed E-state index contributed by atoms with van der Waals surface area (Å²) in [5.41, 5.74) is 15.9. The molecule has 0 bridgehead atoms. The molecular formula is C25H30N4O9. The minimum atomic E-state index is -1.63. The van der Waals surface area contributed by atoms with Gasteiger partial charge in [0.05, 0.1) is 35.9 Å². The summed E-state index contributed by atoms with van der Waals surface area (Å²) in [7, 11) is 0. The fraction of sp³-hybridized carbons (Fsp3) is 0.440. The number of Topliss-reactive ketones (excluding diaryl/α,β-unsaturated/α-hetero) is 2. The Morgan fingerprint density at radius 3 is 2.47 bits per heavy atom. The topological polar surface area (TPSA) is 249 Å². The van der Waals surface area contributed by atoms with Gasteiger partial charge in [-0.3, -0.25) is 19.7 Å². The van der Waals surface area contributed by atoms with E-state index in [4.69, 9.17) is 21.9 Å². The first kappa shape index (κ1) is 26.9. The second kappa shape index (κ2) is 9.99. The third-order valence-electron chi connectivity index (χ3n) is 7.45. The minimum absolute atomic E-state index is 0.0167. The SMILES string of the molecule is CCCCCOC(=O)Nc1cc(N)c2c(c1O)C(=O)C1=C(O)C3C(=O)C(C(N)=O)=C(O)[C@@H](N)C3[C@@H](O)C1C2. The third kappa shape index (κ3) is 4.13. The Morgan fingerprint density at radius 1 is 1.16 bits per heavy atom. The molecule has 13 heteroatoms. The number of phenolic OH excluding ortho intramolecular Hbond substituents is 1. The molecule has 0 spiro atoms. The molecule has 5 atom stereocenters. The molecule has 0 aliphatic heterocycles. The normalized spacial score (nSPS) is 26.4. The molecule has 4 rings (SSSR count). The zero-order valence-electron chi connectivity index (χ0n) is 20.6. The third-order valence-corrected chi connectivity index (χ3v) is 7.45. The highest BCUT2D eigenvalue weighted by molar-refractivity contribution is 6.22. The van der Waals surface area contributed by atoms with Gasteiger partial charge in [-0.2, -0.15) is 0 Å². The molecule has 0 fully saturated rings. The molecule has 0 radical (unpaired) electrons. The van der Waals surface area contributed by atoms with Crippen LogP contribution in [-0.4, -0.2) is 62.7 Å². The Hall–Kier alpha value is -4.10. The van der Waals surface area contributed by atoms with E-state index < -0.39 is 76.3 Å². The van der Waals surface area contributed by atoms with Gasteiger partial charge in [0.25, 0.3) is 5.91 Å². The summed E-state index contributed by atoms with van der Waals surface area (Å²) in [5.74, 6) is -9.50. The van der Waals surface area contributed by atoms with Gasteiger partial charge in [0, 0.05) is 23.1 Å². The van der Waals surface area contributed by atoms with Crippen molar-refractivity contribution in [3.05, 3.63) is 39.9 Å². The number of unbranched alkanes of at least 4 members (excludes halogenated alkanes) is 2. The Balaban J connectivity index is 1.75. The number of allylic oxidation sites excluding steroid dienone is 1. The van der Waals surface area contributed by atoms with Crippen LogP contribution in [0.2, 0.25) is 0 Å². The number of rotatable bonds is 6. The molecule has 1 aromatic rings. The van der Waals surface area contributed by atoms with Gasteiger partial charge in [0.15, 0.2) is 17.3 Å². The number of nitrogen functional groups attached to an aromatic ring is 1. The first-order valence-corrected chi connectivity index (χ1v) is 12.2. The van der Waals surface area contributed by atoms with Crippen LogP contribution >= 0.6 is 0 Å². The Bertz CT molecular complexity index is 1300. The van der Waals surface area contributed by atoms with Gasteiger partial charge in [-0.05, 0) is 24.5 Å². The lowest BCUT2D eigenvalue weighted by Crippen LogP contribution is -2.58. The molecule has 38 heavy (non-hydrogen) atoms. The number of nitrogens with two attached hydrogens (primary N) is 3. The van der Waals surface area contributed by atoms with E-state index in [9.17, 15) is 39.6 Å². The number of fused-ring (bicyclic) bond motifs is 3. The molecule has 0 saturated heterocycles. The molecule has 13 nitrogen and oxygen atoms in total. The van der Waals surface area contributed by atoms with Gasteiger partial charge >= 0.3 is 6.09 Å². The zero-order chi connectivity index (χ0) is 28.0. The molecule has 11 N–H and O–H groups in total. The maximum Gasteiger partial charge on any atom is 0.411 e. The average molecular weight is 531 g/mol. The number of carbonyl (C=O) groups is 4. The molecule has 1 aromatic carbocycles. The van der Waals surface area contributed by atoms with Crippen molar-refractivity contribution in [1.82, 2.24) is 0 Å². The standard InChI is InChI=1S/C25H30N4O9/c1-2-3-4-5-38-25(37)29-11-7-10(26)8-6-9-13(20(32)12(8)19(11)31)21(33)15-14(18(9)30)17(27)23(35)16(22(15)34)24(28)36/h7,9,14-15,17-18,30-31,33,35H,2-6,26-27H2,1H3,(H2,28,36)(H,29,37)/t9?,14?,15?,17-,18-/m0/s1. The van der Waals surface area contributed by atoms with Crippen molar-refractivity contribution in [2.45, 2.75) is 44.8 Å². The molecule has 3 unspecified atom stereocenters. The van der Waals surface area contributed by atoms with E-state index in [1.165, 1.54) is 6.07 Å². The first-order chi connectivity index (χ1) is 17.9. The number of hydrogen-bond donors (Lipinski definition) is 8. The Kier molecular flexibility index (Phi) is 7.08. The minimum Gasteiger partial charge on any atom is -0.511 e. The lowest BCUT2D eigenvalue weighted by Gasteiger charge is -2.46. The van der Waals surface area contributed by atoms with Crippen LogP contribution in [0.5, 0.6) is 5.75 Å². The van der Waals surface area contributed by atoms with Crippen molar-refractivity contribution >= 4 is 34.9 Å². The number of primary amides is 1. The first-order valence-electron chi connectivity index (χ1n) is 12.2. The molecule has 0 aromatic heterocycles. The van der Waals surface area contributed by atoms with E-state index in [-0.39, 0.29) is 41.1 Å². The molecule has 204 valence electrons. The molecule has 2 amide bonds. The quantitative estimate of drug-likeness (QED) is 0.0835. The number of phenols is 1. The summed E-state index contributed by atoms with van der Waals surface area (Å²) in [4.78, 5) is 50.7. The van der Waals surface area contributed by atoms with Crippen LogP contribution in [0.25, 0.3) is 0 Å². The number of aromatic hydroxyl groups is 1. The van der Waals surface area contributed by atoms with Crippen molar-refractivity contribution in [3.8, 4) is 5.75 Å². The van der Waals surface area contributed by atoms with Gasteiger partial charge in [0.1, 0.15) is 17.1 Å². The molecule has 0 saturated carbocycles. The van der Waals surface area contributed by atoms with Gasteiger partial charge < -0.3 is 42.4 Å². The summed E-state index contributed by atoms with van der Waals surface area (Å²) < 4.78 is 5.07. The monoisotopic (exact) mass is 530 g/mol. The summed E-state index contributed by atoms with van der Waals surface area (Å²) in [5, 5.41) is 45.9. The number of ketones is 2. The van der Waals surface area contributed by atoms with E-state index in [0.29, 0.717) is 6.42 Å². The van der Waals surface area contributed by atoms with Gasteiger partial charge in [-0.1, -0.05) is 19.8 Å². The predicted octanol–water partition coefficient (Wildman–Crippen LogP) is 0.695. The number of nitrogens with one attached hydrogen (secondary N) is 1. The van der Waals surface area contributed by atoms with Crippen LogP contribution in [0.1, 0.15) is 42.1 Å². The number of benzene rings is 1. The van der Waals surface area contributed by atoms with Crippen LogP contribution in [0.3, 0.4) is 0 Å². The van der Waals surface area contributed by atoms with Gasteiger partial charge in [0.2, 0.25) is 0 Å². The van der Waals surface area contributed by atoms with Crippen molar-refractivity contribution in [2.24, 2.45) is 29.2 Å². The lowest BCUT2D eigenvalue weighted by molar-refractivity contribution is -0.129. The van der Waals surface area contributed by atoms with E-state index in [0.717, 1.165) is 12.8 Å². The zero-order valence-corrected chi connectivity index (χ0v) is 20.6. The largest absolute Gasteiger partial charge is 0.511 e. The molecular weight excluding hydrogens is 500 g/mol. The van der Waals surface area contributed by atoms with Crippen molar-refractivity contribution < 1.29 is 44.3 Å². The number of anilines is 2. The second-order valence-corrected chi connectivity index (χ2v) is 9.68. The van der Waals surface area contributed by atoms with E-state index in [1.807, 2.05) is 6.92 Å². The summed E-state index contributed by atoms with van der Waals surface area (Å²) in [6.45, 7) is 2.14. The van der Waals surface area contributed by atoms with E-state index in [1.54, 1.807) is 0 Å². The molecule has 0 heterocycles. The summed E-state index contributed by atoms with van der Waals surface area (Å²) in [6, 6.07) is -0.193. The fourth-order valence-corrected chi connectivity index (χ4v) is 5.59. The van der Waals surface area contributed by atoms with Crippen LogP contribution in [0.4, 0.5) is 16.2 Å². The highest BCUT2D eigenvalue weighted by atomic mass is 16.5. The number of amides is 2. The van der Waals surface area contributed by atoms with Crippen LogP contribution in [0.15, 0.2) is 28.7 Å². The highest BCUT2D eigenvalue weighted by Crippen LogP contribution is 2.51. The van der Waals surface area contributed by atoms with Gasteiger partial charge in [-0.15, -0.1) is 0 Å². The van der Waals surface area contributed by atoms with Crippen LogP contribution < -0.4 is 22.5 Å². The number of ether oxygens (including phenoxy) is 1. The Labute approximate surface area is 216 Å². The van der Waals surface area contributed by atoms with Gasteiger partial charge in [-0.25, -0.2) is 4.79 Å². The number of hydrogen-bond acceptors (Lipinski definition) is 11. The highest BCUT2D eigenvalue weighted by Gasteiger charge is 2.57. The maximum atomic E-state index is 13.6. The van der Waals surface area contributed by atoms with E-state index >= 15 is 0 Å². The Morgan fingerprint density at radius 2 is 1.84 bits per heavy atom. The van der Waals surface area contributed by atoms with Crippen molar-refractivity contribution in [1.29, 1.82) is 0 Å². The summed E-state index contributed by atoms with van der Waals surface area (Å²) >= 11 is 0. The lowest BCUT2D eigenvalue weighted by atomic mass is 9.59. The number of carbonyl (C=O) groups excluding carboxylic acids is 4. The van der Waals surface area contributed by atoms with Crippen LogP contribution in [-0.2, 0) is 20.7 Å². The predicted molar refractivity (Wildman–Crippen MR) is 133 cm³/mol. The molecule has 3 aliphatic carbocycles. The van der Waals surface area contributed by atoms with Crippen LogP contribution in [0, 0.1) is 17.8 Å². The fourth-order valence-electron chi connectivity index (χ4n) is 5.59. The average Bonchev–Trinajstić information content (AvgIpc) is 2.85. The second-order valence-electron chi connectivity index (χ2n) is 9.68. The molecule has 3 aliphatic rings. The number of aliphatic hydroxyl groups excluding tert-OH is 3.